The fourth-order valence-electron chi connectivity index (χ4n) is 2.16. The SMILES string of the molecule is C#CCC(CC)NC(C)CC1CCCO1. The maximum atomic E-state index is 5.62. The zero-order chi connectivity index (χ0) is 11.1. The van der Waals surface area contributed by atoms with Crippen molar-refractivity contribution in [3.05, 3.63) is 0 Å². The minimum Gasteiger partial charge on any atom is -0.378 e. The molecule has 2 nitrogen and oxygen atoms in total. The Morgan fingerprint density at radius 1 is 1.60 bits per heavy atom. The van der Waals surface area contributed by atoms with Crippen molar-refractivity contribution in [2.75, 3.05) is 6.61 Å². The molecule has 0 bridgehead atoms. The zero-order valence-corrected chi connectivity index (χ0v) is 9.96. The van der Waals surface area contributed by atoms with Gasteiger partial charge >= 0.3 is 0 Å². The molecular formula is C13H23NO. The van der Waals surface area contributed by atoms with Gasteiger partial charge in [-0.2, -0.15) is 0 Å². The molecule has 0 aromatic heterocycles. The molecule has 0 spiro atoms. The van der Waals surface area contributed by atoms with E-state index in [4.69, 9.17) is 11.2 Å². The maximum absolute atomic E-state index is 5.62. The minimum absolute atomic E-state index is 0.464. The summed E-state index contributed by atoms with van der Waals surface area (Å²) in [6.45, 7) is 5.34. The van der Waals surface area contributed by atoms with E-state index in [9.17, 15) is 0 Å². The number of nitrogens with one attached hydrogen (secondary N) is 1. The van der Waals surface area contributed by atoms with Crippen LogP contribution >= 0.6 is 0 Å². The first-order valence-corrected chi connectivity index (χ1v) is 6.07. The molecule has 3 atom stereocenters. The van der Waals surface area contributed by atoms with Gasteiger partial charge in [0.1, 0.15) is 0 Å². The Labute approximate surface area is 93.8 Å². The molecule has 1 aliphatic rings. The Bertz CT molecular complexity index is 203. The van der Waals surface area contributed by atoms with E-state index < -0.39 is 0 Å². The Balaban J connectivity index is 2.21. The Hall–Kier alpha value is -0.520. The van der Waals surface area contributed by atoms with Crippen molar-refractivity contribution in [3.8, 4) is 12.3 Å². The van der Waals surface area contributed by atoms with E-state index >= 15 is 0 Å². The molecule has 1 saturated heterocycles. The molecule has 0 amide bonds. The van der Waals surface area contributed by atoms with E-state index in [0.717, 1.165) is 25.9 Å². The molecular weight excluding hydrogens is 186 g/mol. The van der Waals surface area contributed by atoms with Gasteiger partial charge in [0.05, 0.1) is 6.10 Å². The molecule has 1 fully saturated rings. The van der Waals surface area contributed by atoms with Crippen LogP contribution in [0.5, 0.6) is 0 Å². The predicted octanol–water partition coefficient (Wildman–Crippen LogP) is 2.34. The fourth-order valence-corrected chi connectivity index (χ4v) is 2.16. The molecule has 1 rings (SSSR count). The first-order chi connectivity index (χ1) is 7.26. The van der Waals surface area contributed by atoms with Gasteiger partial charge in [0.15, 0.2) is 0 Å². The molecule has 2 heteroatoms. The first-order valence-electron chi connectivity index (χ1n) is 6.07. The summed E-state index contributed by atoms with van der Waals surface area (Å²) in [4.78, 5) is 0. The van der Waals surface area contributed by atoms with E-state index in [1.807, 2.05) is 0 Å². The van der Waals surface area contributed by atoms with Crippen molar-refractivity contribution in [1.29, 1.82) is 0 Å². The lowest BCUT2D eigenvalue weighted by Gasteiger charge is -2.22. The van der Waals surface area contributed by atoms with Gasteiger partial charge < -0.3 is 10.1 Å². The second-order valence-electron chi connectivity index (χ2n) is 4.45. The van der Waals surface area contributed by atoms with Crippen LogP contribution < -0.4 is 5.32 Å². The lowest BCUT2D eigenvalue weighted by molar-refractivity contribution is 0.0950. The van der Waals surface area contributed by atoms with E-state index in [0.29, 0.717) is 18.2 Å². The van der Waals surface area contributed by atoms with Crippen LogP contribution in [0.25, 0.3) is 0 Å². The van der Waals surface area contributed by atoms with Gasteiger partial charge in [-0.15, -0.1) is 12.3 Å². The summed E-state index contributed by atoms with van der Waals surface area (Å²) in [7, 11) is 0. The van der Waals surface area contributed by atoms with Crippen molar-refractivity contribution in [2.24, 2.45) is 0 Å². The van der Waals surface area contributed by atoms with Crippen LogP contribution in [-0.4, -0.2) is 24.8 Å². The topological polar surface area (TPSA) is 21.3 Å². The summed E-state index contributed by atoms with van der Waals surface area (Å²) in [5, 5.41) is 3.57. The summed E-state index contributed by atoms with van der Waals surface area (Å²) in [5.74, 6) is 2.72. The van der Waals surface area contributed by atoms with Gasteiger partial charge in [0, 0.05) is 25.1 Å². The lowest BCUT2D eigenvalue weighted by Crippen LogP contribution is -2.37. The second kappa shape index (κ2) is 6.87. The molecule has 1 heterocycles. The van der Waals surface area contributed by atoms with E-state index in [-0.39, 0.29) is 0 Å². The van der Waals surface area contributed by atoms with Gasteiger partial charge in [0.25, 0.3) is 0 Å². The molecule has 86 valence electrons. The van der Waals surface area contributed by atoms with E-state index in [1.54, 1.807) is 0 Å². The Morgan fingerprint density at radius 3 is 2.93 bits per heavy atom. The molecule has 15 heavy (non-hydrogen) atoms. The van der Waals surface area contributed by atoms with Crippen LogP contribution in [0.2, 0.25) is 0 Å². The van der Waals surface area contributed by atoms with Crippen molar-refractivity contribution < 1.29 is 4.74 Å². The molecule has 0 radical (unpaired) electrons. The molecule has 0 aromatic carbocycles. The van der Waals surface area contributed by atoms with E-state index in [2.05, 4.69) is 25.1 Å². The van der Waals surface area contributed by atoms with Gasteiger partial charge in [-0.3, -0.25) is 0 Å². The Morgan fingerprint density at radius 2 is 2.40 bits per heavy atom. The molecule has 1 aliphatic heterocycles. The predicted molar refractivity (Wildman–Crippen MR) is 63.7 cm³/mol. The van der Waals surface area contributed by atoms with Crippen molar-refractivity contribution >= 4 is 0 Å². The van der Waals surface area contributed by atoms with Crippen molar-refractivity contribution in [1.82, 2.24) is 5.32 Å². The molecule has 0 aliphatic carbocycles. The number of hydrogen-bond donors (Lipinski definition) is 1. The number of rotatable bonds is 6. The summed E-state index contributed by atoms with van der Waals surface area (Å²) in [6, 6.07) is 0.970. The normalized spacial score (nSPS) is 24.7. The summed E-state index contributed by atoms with van der Waals surface area (Å²) < 4.78 is 5.62. The standard InChI is InChI=1S/C13H23NO/c1-4-7-12(5-2)14-11(3)10-13-8-6-9-15-13/h1,11-14H,5-10H2,2-3H3. The van der Waals surface area contributed by atoms with Crippen LogP contribution in [0.1, 0.15) is 46.0 Å². The molecule has 0 aromatic rings. The van der Waals surface area contributed by atoms with Crippen LogP contribution in [0.15, 0.2) is 0 Å². The Kier molecular flexibility index (Phi) is 5.75. The molecule has 3 unspecified atom stereocenters. The highest BCUT2D eigenvalue weighted by Gasteiger charge is 2.19. The quantitative estimate of drug-likeness (QED) is 0.678. The fraction of sp³-hybridized carbons (Fsp3) is 0.846. The zero-order valence-electron chi connectivity index (χ0n) is 9.96. The molecule has 1 N–H and O–H groups in total. The van der Waals surface area contributed by atoms with Gasteiger partial charge in [-0.05, 0) is 32.6 Å². The largest absolute Gasteiger partial charge is 0.378 e. The highest BCUT2D eigenvalue weighted by molar-refractivity contribution is 4.90. The van der Waals surface area contributed by atoms with Crippen LogP contribution in [-0.2, 0) is 4.74 Å². The van der Waals surface area contributed by atoms with E-state index in [1.165, 1.54) is 12.8 Å². The van der Waals surface area contributed by atoms with Crippen molar-refractivity contribution in [2.45, 2.75) is 64.1 Å². The monoisotopic (exact) mass is 209 g/mol. The minimum atomic E-state index is 0.464. The van der Waals surface area contributed by atoms with Crippen molar-refractivity contribution in [3.63, 3.8) is 0 Å². The lowest BCUT2D eigenvalue weighted by atomic mass is 10.1. The third-order valence-corrected chi connectivity index (χ3v) is 3.02. The summed E-state index contributed by atoms with van der Waals surface area (Å²) >= 11 is 0. The highest BCUT2D eigenvalue weighted by Crippen LogP contribution is 2.17. The number of terminal acetylenes is 1. The molecule has 0 saturated carbocycles. The average Bonchev–Trinajstić information content (AvgIpc) is 2.69. The maximum Gasteiger partial charge on any atom is 0.0590 e. The van der Waals surface area contributed by atoms with Gasteiger partial charge in [0.2, 0.25) is 0 Å². The van der Waals surface area contributed by atoms with Gasteiger partial charge in [-0.25, -0.2) is 0 Å². The van der Waals surface area contributed by atoms with Gasteiger partial charge in [-0.1, -0.05) is 6.92 Å². The second-order valence-corrected chi connectivity index (χ2v) is 4.45. The number of hydrogen-bond acceptors (Lipinski definition) is 2. The first kappa shape index (κ1) is 12.5. The smallest absolute Gasteiger partial charge is 0.0590 e. The summed E-state index contributed by atoms with van der Waals surface area (Å²) in [6.07, 6.45) is 11.3. The average molecular weight is 209 g/mol. The summed E-state index contributed by atoms with van der Waals surface area (Å²) in [5.41, 5.74) is 0. The van der Waals surface area contributed by atoms with Crippen LogP contribution in [0, 0.1) is 12.3 Å². The van der Waals surface area contributed by atoms with Crippen LogP contribution in [0.3, 0.4) is 0 Å². The van der Waals surface area contributed by atoms with Crippen LogP contribution in [0.4, 0.5) is 0 Å². The third-order valence-electron chi connectivity index (χ3n) is 3.02. The highest BCUT2D eigenvalue weighted by atomic mass is 16.5. The third kappa shape index (κ3) is 4.68. The number of ether oxygens (including phenoxy) is 1.